The van der Waals surface area contributed by atoms with Gasteiger partial charge in [-0.15, -0.1) is 13.2 Å². The summed E-state index contributed by atoms with van der Waals surface area (Å²) in [7, 11) is 2.06. The molecule has 0 aliphatic heterocycles. The summed E-state index contributed by atoms with van der Waals surface area (Å²) < 4.78 is 2.14. The molecule has 4 heteroatoms. The second-order valence-electron chi connectivity index (χ2n) is 11.5. The van der Waals surface area contributed by atoms with Crippen LogP contribution in [0.15, 0.2) is 66.4 Å². The molecule has 6 rings (SSSR count). The van der Waals surface area contributed by atoms with Gasteiger partial charge in [0, 0.05) is 12.5 Å². The zero-order valence-electron chi connectivity index (χ0n) is 22.9. The number of fused-ring (bicyclic) bond motifs is 6. The maximum Gasteiger partial charge on any atom is 0.178 e. The number of para-hydroxylation sites is 2. The van der Waals surface area contributed by atoms with Crippen molar-refractivity contribution in [3.05, 3.63) is 61.2 Å². The van der Waals surface area contributed by atoms with Crippen molar-refractivity contribution in [3.8, 4) is 0 Å². The Labute approximate surface area is 222 Å². The van der Waals surface area contributed by atoms with Gasteiger partial charge in [0.15, 0.2) is 10.9 Å². The number of nitrogens with zero attached hydrogens (tertiary/aromatic N) is 2. The van der Waals surface area contributed by atoms with Crippen LogP contribution in [0.1, 0.15) is 66.2 Å². The number of hydrogen-bond acceptors (Lipinski definition) is 3. The maximum absolute atomic E-state index is 11.7. The molecule has 1 aromatic carbocycles. The van der Waals surface area contributed by atoms with Crippen molar-refractivity contribution in [2.45, 2.75) is 71.4 Å². The molecule has 1 heterocycles. The van der Waals surface area contributed by atoms with Crippen molar-refractivity contribution in [3.63, 3.8) is 0 Å². The van der Waals surface area contributed by atoms with Gasteiger partial charge in [0.25, 0.3) is 0 Å². The standard InChI is InChI=1S/C20H28O.C10H12N2S.C2H4/c1-13-4-7-17-16-6-5-14-12-15(21)8-10-20(14,3)18(16)9-11-19(13,17)2;1-3-13-10-11-8-6-4-5-7-9(8)12(10)2;1-2/h8,10,12-13,16-18H,4-7,9,11H2,1-3H3;4-7H,3H2,1-2H3;1-2H2. The Kier molecular flexibility index (Phi) is 8.04. The third-order valence-electron chi connectivity index (χ3n) is 10.1. The summed E-state index contributed by atoms with van der Waals surface area (Å²) in [5.74, 6) is 4.75. The normalized spacial score (nSPS) is 34.4. The molecule has 3 saturated carbocycles. The summed E-state index contributed by atoms with van der Waals surface area (Å²) in [6.45, 7) is 15.6. The first kappa shape index (κ1) is 27.0. The second kappa shape index (κ2) is 10.7. The van der Waals surface area contributed by atoms with Crippen molar-refractivity contribution >= 4 is 28.6 Å². The van der Waals surface area contributed by atoms with Crippen LogP contribution in [-0.2, 0) is 11.8 Å². The van der Waals surface area contributed by atoms with E-state index in [1.165, 1.54) is 43.2 Å². The molecule has 3 nitrogen and oxygen atoms in total. The molecule has 194 valence electrons. The van der Waals surface area contributed by atoms with Crippen LogP contribution >= 0.6 is 11.8 Å². The van der Waals surface area contributed by atoms with E-state index in [9.17, 15) is 4.79 Å². The Balaban J connectivity index is 0.000000175. The molecule has 3 fully saturated rings. The molecule has 0 saturated heterocycles. The number of aryl methyl sites for hydroxylation is 1. The van der Waals surface area contributed by atoms with Crippen LogP contribution in [0.25, 0.3) is 11.0 Å². The largest absolute Gasteiger partial charge is 0.322 e. The molecule has 0 bridgehead atoms. The van der Waals surface area contributed by atoms with Gasteiger partial charge < -0.3 is 4.57 Å². The molecule has 0 radical (unpaired) electrons. The van der Waals surface area contributed by atoms with E-state index in [2.05, 4.69) is 75.7 Å². The van der Waals surface area contributed by atoms with E-state index in [0.29, 0.717) is 5.41 Å². The summed E-state index contributed by atoms with van der Waals surface area (Å²) in [6, 6.07) is 8.22. The van der Waals surface area contributed by atoms with E-state index in [1.54, 1.807) is 11.8 Å². The van der Waals surface area contributed by atoms with Crippen LogP contribution in [0, 0.1) is 34.5 Å². The lowest BCUT2D eigenvalue weighted by Crippen LogP contribution is -2.49. The van der Waals surface area contributed by atoms with Crippen molar-refractivity contribution < 1.29 is 4.79 Å². The summed E-state index contributed by atoms with van der Waals surface area (Å²) >= 11 is 1.78. The number of imidazole rings is 1. The number of hydrogen-bond donors (Lipinski definition) is 0. The Bertz CT molecular complexity index is 1160. The third kappa shape index (κ3) is 4.55. The highest BCUT2D eigenvalue weighted by molar-refractivity contribution is 7.99. The van der Waals surface area contributed by atoms with E-state index < -0.39 is 0 Å². The van der Waals surface area contributed by atoms with Gasteiger partial charge in [-0.2, -0.15) is 0 Å². The Hall–Kier alpha value is -2.07. The molecule has 0 amide bonds. The number of benzene rings is 1. The fourth-order valence-corrected chi connectivity index (χ4v) is 8.56. The maximum atomic E-state index is 11.7. The van der Waals surface area contributed by atoms with Gasteiger partial charge >= 0.3 is 0 Å². The summed E-state index contributed by atoms with van der Waals surface area (Å²) in [5, 5.41) is 1.10. The number of thioether (sulfide) groups is 1. The van der Waals surface area contributed by atoms with Gasteiger partial charge in [-0.3, -0.25) is 4.79 Å². The highest BCUT2D eigenvalue weighted by atomic mass is 32.2. The highest BCUT2D eigenvalue weighted by Crippen LogP contribution is 2.65. The predicted molar refractivity (Wildman–Crippen MR) is 154 cm³/mol. The summed E-state index contributed by atoms with van der Waals surface area (Å²) in [5.41, 5.74) is 4.47. The van der Waals surface area contributed by atoms with Gasteiger partial charge in [-0.25, -0.2) is 4.98 Å². The monoisotopic (exact) mass is 504 g/mol. The highest BCUT2D eigenvalue weighted by Gasteiger charge is 2.57. The zero-order chi connectivity index (χ0) is 26.1. The fraction of sp³-hybridized carbons (Fsp3) is 0.562. The van der Waals surface area contributed by atoms with Crippen LogP contribution in [0.4, 0.5) is 0 Å². The number of rotatable bonds is 2. The Morgan fingerprint density at radius 1 is 1.11 bits per heavy atom. The molecular weight excluding hydrogens is 460 g/mol. The minimum Gasteiger partial charge on any atom is -0.322 e. The first-order valence-corrected chi connectivity index (χ1v) is 14.7. The molecule has 0 N–H and O–H groups in total. The number of carbonyl (C=O) groups excluding carboxylic acids is 1. The molecule has 0 spiro atoms. The lowest BCUT2D eigenvalue weighted by atomic mass is 9.48. The van der Waals surface area contributed by atoms with E-state index in [0.717, 1.165) is 46.5 Å². The number of aromatic nitrogens is 2. The quantitative estimate of drug-likeness (QED) is 0.304. The molecule has 6 unspecified atom stereocenters. The van der Waals surface area contributed by atoms with Crippen LogP contribution in [0.3, 0.4) is 0 Å². The first-order chi connectivity index (χ1) is 17.3. The number of ketones is 1. The van der Waals surface area contributed by atoms with E-state index in [4.69, 9.17) is 0 Å². The lowest BCUT2D eigenvalue weighted by molar-refractivity contribution is -0.111. The van der Waals surface area contributed by atoms with Crippen molar-refractivity contribution in [1.82, 2.24) is 9.55 Å². The number of allylic oxidation sites excluding steroid dienone is 4. The minimum atomic E-state index is 0.171. The van der Waals surface area contributed by atoms with Gasteiger partial charge in [0.2, 0.25) is 0 Å². The van der Waals surface area contributed by atoms with Crippen molar-refractivity contribution in [1.29, 1.82) is 0 Å². The summed E-state index contributed by atoms with van der Waals surface area (Å²) in [6.07, 6.45) is 14.1. The van der Waals surface area contributed by atoms with Crippen molar-refractivity contribution in [2.75, 3.05) is 5.75 Å². The van der Waals surface area contributed by atoms with Crippen LogP contribution in [-0.4, -0.2) is 21.1 Å². The molecule has 2 aromatic rings. The average molecular weight is 505 g/mol. The second-order valence-corrected chi connectivity index (χ2v) is 12.7. The Morgan fingerprint density at radius 2 is 1.86 bits per heavy atom. The predicted octanol–water partition coefficient (Wildman–Crippen LogP) is 8.42. The molecule has 36 heavy (non-hydrogen) atoms. The molecule has 4 aliphatic rings. The fourth-order valence-electron chi connectivity index (χ4n) is 7.84. The van der Waals surface area contributed by atoms with Gasteiger partial charge in [0.1, 0.15) is 0 Å². The molecule has 4 aliphatic carbocycles. The van der Waals surface area contributed by atoms with Gasteiger partial charge in [-0.1, -0.05) is 63.2 Å². The summed E-state index contributed by atoms with van der Waals surface area (Å²) in [4.78, 5) is 16.3. The van der Waals surface area contributed by atoms with Crippen LogP contribution in [0.2, 0.25) is 0 Å². The third-order valence-corrected chi connectivity index (χ3v) is 11.0. The zero-order valence-corrected chi connectivity index (χ0v) is 23.7. The minimum absolute atomic E-state index is 0.171. The van der Waals surface area contributed by atoms with Gasteiger partial charge in [0.05, 0.1) is 11.0 Å². The van der Waals surface area contributed by atoms with Gasteiger partial charge in [-0.05, 0) is 97.6 Å². The van der Waals surface area contributed by atoms with Crippen LogP contribution < -0.4 is 0 Å². The van der Waals surface area contributed by atoms with E-state index in [-0.39, 0.29) is 11.2 Å². The smallest absolute Gasteiger partial charge is 0.178 e. The lowest BCUT2D eigenvalue weighted by Gasteiger charge is -2.57. The molecule has 6 atom stereocenters. The van der Waals surface area contributed by atoms with Crippen molar-refractivity contribution in [2.24, 2.45) is 41.5 Å². The molecular formula is C32H44N2OS. The van der Waals surface area contributed by atoms with E-state index in [1.807, 2.05) is 24.3 Å². The van der Waals surface area contributed by atoms with Crippen LogP contribution in [0.5, 0.6) is 0 Å². The average Bonchev–Trinajstić information content (AvgIpc) is 3.37. The Morgan fingerprint density at radius 3 is 2.58 bits per heavy atom. The molecule has 1 aromatic heterocycles. The topological polar surface area (TPSA) is 34.9 Å². The van der Waals surface area contributed by atoms with E-state index >= 15 is 0 Å². The SMILES string of the molecule is C=C.CC1CCC2C3CCC4=CC(=O)C=CC4(C)C3CCC12C.CCSc1nc2ccccc2n1C. The first-order valence-electron chi connectivity index (χ1n) is 13.8. The number of carbonyl (C=O) groups is 1.